The van der Waals surface area contributed by atoms with Crippen LogP contribution in [0.15, 0.2) is 50.6 Å². The standard InChI is InChI=1S/C20H24N4O3S3/c1-2-28-14-9-10-15(20(25)24-11-4-3-5-12-24)17(13-14)23-30(26,27)18-8-6-7-16-19(18)22-29-21-16/h6-10,13,19,22-23H,2-5,11-12H2,1H3. The van der Waals surface area contributed by atoms with Crippen molar-refractivity contribution >= 4 is 51.2 Å². The van der Waals surface area contributed by atoms with Gasteiger partial charge in [0.1, 0.15) is 0 Å². The summed E-state index contributed by atoms with van der Waals surface area (Å²) >= 11 is 2.73. The van der Waals surface area contributed by atoms with Gasteiger partial charge in [0.2, 0.25) is 0 Å². The lowest BCUT2D eigenvalue weighted by Crippen LogP contribution is -2.37. The smallest absolute Gasteiger partial charge is 0.260 e. The van der Waals surface area contributed by atoms with Crippen molar-refractivity contribution in [3.8, 4) is 0 Å². The fourth-order valence-corrected chi connectivity index (χ4v) is 6.45. The molecule has 0 saturated carbocycles. The molecule has 3 aliphatic rings. The number of fused-ring (bicyclic) bond motifs is 1. The van der Waals surface area contributed by atoms with Crippen LogP contribution in [0.25, 0.3) is 0 Å². The lowest BCUT2D eigenvalue weighted by molar-refractivity contribution is 0.0725. The van der Waals surface area contributed by atoms with Crippen LogP contribution in [-0.2, 0) is 10.0 Å². The van der Waals surface area contributed by atoms with Crippen LogP contribution in [-0.4, -0.2) is 49.8 Å². The third-order valence-electron chi connectivity index (χ3n) is 5.16. The molecule has 1 aliphatic carbocycles. The zero-order valence-electron chi connectivity index (χ0n) is 16.6. The van der Waals surface area contributed by atoms with E-state index in [1.807, 2.05) is 17.9 Å². The number of anilines is 1. The summed E-state index contributed by atoms with van der Waals surface area (Å²) in [6.45, 7) is 3.44. The van der Waals surface area contributed by atoms with Crippen LogP contribution in [0, 0.1) is 0 Å². The second kappa shape index (κ2) is 9.17. The first-order valence-corrected chi connectivity index (χ1v) is 13.2. The van der Waals surface area contributed by atoms with E-state index < -0.39 is 16.1 Å². The van der Waals surface area contributed by atoms with Gasteiger partial charge in [-0.15, -0.1) is 11.8 Å². The third-order valence-corrected chi connectivity index (χ3v) is 8.16. The lowest BCUT2D eigenvalue weighted by Gasteiger charge is -2.28. The average molecular weight is 465 g/mol. The molecule has 2 N–H and O–H groups in total. The van der Waals surface area contributed by atoms with E-state index in [1.165, 1.54) is 0 Å². The Morgan fingerprint density at radius 2 is 2.13 bits per heavy atom. The number of amides is 1. The Morgan fingerprint density at radius 3 is 2.90 bits per heavy atom. The van der Waals surface area contributed by atoms with Crippen molar-refractivity contribution in [1.82, 2.24) is 9.62 Å². The molecule has 0 radical (unpaired) electrons. The molecule has 160 valence electrons. The van der Waals surface area contributed by atoms with Gasteiger partial charge in [-0.1, -0.05) is 13.0 Å². The quantitative estimate of drug-likeness (QED) is 0.494. The van der Waals surface area contributed by atoms with E-state index in [-0.39, 0.29) is 10.8 Å². The van der Waals surface area contributed by atoms with Gasteiger partial charge in [0.15, 0.2) is 0 Å². The van der Waals surface area contributed by atoms with Crippen molar-refractivity contribution in [3.05, 3.63) is 46.9 Å². The molecule has 1 atom stereocenters. The van der Waals surface area contributed by atoms with Crippen molar-refractivity contribution < 1.29 is 13.2 Å². The van der Waals surface area contributed by atoms with Gasteiger partial charge < -0.3 is 4.90 Å². The zero-order valence-corrected chi connectivity index (χ0v) is 19.1. The molecule has 1 saturated heterocycles. The topological polar surface area (TPSA) is 90.9 Å². The van der Waals surface area contributed by atoms with Crippen LogP contribution >= 0.6 is 23.9 Å². The highest BCUT2D eigenvalue weighted by Crippen LogP contribution is 2.31. The summed E-state index contributed by atoms with van der Waals surface area (Å²) in [5.41, 5.74) is 1.38. The molecule has 4 rings (SSSR count). The first-order chi connectivity index (χ1) is 14.5. The maximum atomic E-state index is 13.3. The minimum Gasteiger partial charge on any atom is -0.339 e. The van der Waals surface area contributed by atoms with Crippen molar-refractivity contribution in [2.24, 2.45) is 4.40 Å². The number of sulfonamides is 1. The van der Waals surface area contributed by atoms with E-state index in [4.69, 9.17) is 0 Å². The Bertz CT molecular complexity index is 1030. The molecule has 1 fully saturated rings. The Kier molecular flexibility index (Phi) is 6.57. The van der Waals surface area contributed by atoms with Crippen LogP contribution < -0.4 is 9.44 Å². The van der Waals surface area contributed by atoms with Gasteiger partial charge in [-0.05, 0) is 55.4 Å². The van der Waals surface area contributed by atoms with Crippen LogP contribution in [0.2, 0.25) is 0 Å². The van der Waals surface area contributed by atoms with E-state index in [0.29, 0.717) is 30.1 Å². The Labute approximate surface area is 185 Å². The number of hydrogen-bond donors (Lipinski definition) is 2. The molecule has 7 nitrogen and oxygen atoms in total. The molecule has 1 amide bonds. The Morgan fingerprint density at radius 1 is 1.33 bits per heavy atom. The van der Waals surface area contributed by atoms with Crippen molar-refractivity contribution in [2.45, 2.75) is 37.1 Å². The largest absolute Gasteiger partial charge is 0.339 e. The number of carbonyl (C=O) groups is 1. The molecule has 0 spiro atoms. The molecule has 2 heterocycles. The molecule has 1 aromatic rings. The predicted molar refractivity (Wildman–Crippen MR) is 124 cm³/mol. The molecule has 2 aliphatic heterocycles. The zero-order chi connectivity index (χ0) is 21.1. The normalized spacial score (nSPS) is 21.1. The van der Waals surface area contributed by atoms with Crippen LogP contribution in [0.3, 0.4) is 0 Å². The van der Waals surface area contributed by atoms with Gasteiger partial charge >= 0.3 is 0 Å². The second-order valence-electron chi connectivity index (χ2n) is 7.19. The molecule has 1 aromatic carbocycles. The highest BCUT2D eigenvalue weighted by Gasteiger charge is 2.34. The maximum Gasteiger partial charge on any atom is 0.260 e. The molecule has 0 bridgehead atoms. The molecular weight excluding hydrogens is 440 g/mol. The minimum atomic E-state index is -3.89. The first kappa shape index (κ1) is 21.5. The SMILES string of the molecule is CCSc1ccc(C(=O)N2CCCCC2)c(NS(=O)(=O)C2=CC=CC3=NSNC23)c1. The molecule has 30 heavy (non-hydrogen) atoms. The number of piperidine rings is 1. The van der Waals surface area contributed by atoms with E-state index in [2.05, 4.69) is 13.8 Å². The first-order valence-electron chi connectivity index (χ1n) is 9.96. The summed E-state index contributed by atoms with van der Waals surface area (Å²) in [6.07, 6.45) is 8.11. The van der Waals surface area contributed by atoms with Gasteiger partial charge in [-0.25, -0.2) is 17.5 Å². The highest BCUT2D eigenvalue weighted by molar-refractivity contribution is 7.99. The highest BCUT2D eigenvalue weighted by atomic mass is 32.2. The average Bonchev–Trinajstić information content (AvgIpc) is 3.23. The van der Waals surface area contributed by atoms with E-state index >= 15 is 0 Å². The summed E-state index contributed by atoms with van der Waals surface area (Å²) < 4.78 is 36.5. The summed E-state index contributed by atoms with van der Waals surface area (Å²) in [4.78, 5) is 16.1. The van der Waals surface area contributed by atoms with Crippen LogP contribution in [0.4, 0.5) is 5.69 Å². The Hall–Kier alpha value is -1.75. The number of carbonyl (C=O) groups excluding carboxylic acids is 1. The van der Waals surface area contributed by atoms with Gasteiger partial charge in [0, 0.05) is 18.0 Å². The fourth-order valence-electron chi connectivity index (χ4n) is 3.68. The number of nitrogens with one attached hydrogen (secondary N) is 2. The summed E-state index contributed by atoms with van der Waals surface area (Å²) in [5, 5.41) is 0. The molecule has 0 aromatic heterocycles. The van der Waals surface area contributed by atoms with Crippen molar-refractivity contribution in [1.29, 1.82) is 0 Å². The number of benzene rings is 1. The Balaban J connectivity index is 1.67. The van der Waals surface area contributed by atoms with Crippen molar-refractivity contribution in [2.75, 3.05) is 23.6 Å². The summed E-state index contributed by atoms with van der Waals surface area (Å²) in [6, 6.07) is 4.88. The number of likely N-dealkylation sites (tertiary alicyclic amines) is 1. The monoisotopic (exact) mass is 464 g/mol. The molecule has 10 heteroatoms. The molecular formula is C20H24N4O3S3. The maximum absolute atomic E-state index is 13.3. The second-order valence-corrected chi connectivity index (χ2v) is 10.8. The third kappa shape index (κ3) is 4.46. The van der Waals surface area contributed by atoms with Crippen molar-refractivity contribution in [3.63, 3.8) is 0 Å². The van der Waals surface area contributed by atoms with E-state index in [0.717, 1.165) is 42.0 Å². The van der Waals surface area contributed by atoms with Gasteiger partial charge in [-0.2, -0.15) is 0 Å². The van der Waals surface area contributed by atoms with Gasteiger partial charge in [-0.3, -0.25) is 9.52 Å². The van der Waals surface area contributed by atoms with Gasteiger partial charge in [0.05, 0.1) is 40.0 Å². The number of hydrogen-bond acceptors (Lipinski definition) is 7. The van der Waals surface area contributed by atoms with E-state index in [1.54, 1.807) is 42.1 Å². The van der Waals surface area contributed by atoms with E-state index in [9.17, 15) is 13.2 Å². The predicted octanol–water partition coefficient (Wildman–Crippen LogP) is 3.60. The number of rotatable bonds is 6. The van der Waals surface area contributed by atoms with Gasteiger partial charge in [0.25, 0.3) is 15.9 Å². The van der Waals surface area contributed by atoms with Crippen LogP contribution in [0.1, 0.15) is 36.5 Å². The fraction of sp³-hybridized carbons (Fsp3) is 0.400. The lowest BCUT2D eigenvalue weighted by atomic mass is 10.1. The minimum absolute atomic E-state index is 0.130. The van der Waals surface area contributed by atoms with Crippen LogP contribution in [0.5, 0.6) is 0 Å². The summed E-state index contributed by atoms with van der Waals surface area (Å²) in [7, 11) is -3.89. The number of allylic oxidation sites excluding steroid dienone is 2. The summed E-state index contributed by atoms with van der Waals surface area (Å²) in [5.74, 6) is 0.722. The number of thioether (sulfide) groups is 1. The molecule has 1 unspecified atom stereocenters. The number of nitrogens with zero attached hydrogens (tertiary/aromatic N) is 2.